The fourth-order valence-corrected chi connectivity index (χ4v) is 4.00. The Kier molecular flexibility index (Phi) is 5.82. The van der Waals surface area contributed by atoms with Crippen molar-refractivity contribution in [3.05, 3.63) is 131 Å². The fourth-order valence-electron chi connectivity index (χ4n) is 3.88. The molecule has 1 atom stereocenters. The van der Waals surface area contributed by atoms with Crippen LogP contribution in [0, 0.1) is 0 Å². The highest BCUT2D eigenvalue weighted by Crippen LogP contribution is 2.36. The predicted molar refractivity (Wildman–Crippen MR) is 134 cm³/mol. The Labute approximate surface area is 193 Å². The SMILES string of the molecule is Clc1ccc(N=Cc2ccc(N3N=C(c4ccccc4)C[C@H]3c3ccccc3)cc2)cc1. The van der Waals surface area contributed by atoms with Crippen LogP contribution in [0.4, 0.5) is 11.4 Å². The molecule has 1 aliphatic heterocycles. The third-order valence-corrected chi connectivity index (χ3v) is 5.80. The van der Waals surface area contributed by atoms with Gasteiger partial charge in [-0.3, -0.25) is 10.0 Å². The van der Waals surface area contributed by atoms with Crippen molar-refractivity contribution in [2.75, 3.05) is 5.01 Å². The maximum atomic E-state index is 5.95. The van der Waals surface area contributed by atoms with E-state index in [9.17, 15) is 0 Å². The lowest BCUT2D eigenvalue weighted by Gasteiger charge is -2.24. The summed E-state index contributed by atoms with van der Waals surface area (Å²) in [5, 5.41) is 7.87. The summed E-state index contributed by atoms with van der Waals surface area (Å²) in [4.78, 5) is 4.53. The van der Waals surface area contributed by atoms with E-state index < -0.39 is 0 Å². The molecule has 32 heavy (non-hydrogen) atoms. The van der Waals surface area contributed by atoms with Crippen LogP contribution in [0.25, 0.3) is 0 Å². The van der Waals surface area contributed by atoms with Crippen LogP contribution in [0.3, 0.4) is 0 Å². The highest BCUT2D eigenvalue weighted by atomic mass is 35.5. The molecule has 0 fully saturated rings. The summed E-state index contributed by atoms with van der Waals surface area (Å²) >= 11 is 5.95. The summed E-state index contributed by atoms with van der Waals surface area (Å²) in [7, 11) is 0. The number of hydrazone groups is 1. The Morgan fingerprint density at radius 3 is 2.12 bits per heavy atom. The molecule has 0 saturated heterocycles. The van der Waals surface area contributed by atoms with Gasteiger partial charge < -0.3 is 0 Å². The molecule has 0 spiro atoms. The van der Waals surface area contributed by atoms with E-state index in [1.807, 2.05) is 36.5 Å². The van der Waals surface area contributed by atoms with Gasteiger partial charge in [0.1, 0.15) is 0 Å². The first-order chi connectivity index (χ1) is 15.8. The van der Waals surface area contributed by atoms with E-state index in [0.29, 0.717) is 5.02 Å². The topological polar surface area (TPSA) is 28.0 Å². The minimum atomic E-state index is 0.167. The summed E-state index contributed by atoms with van der Waals surface area (Å²) < 4.78 is 0. The first-order valence-electron chi connectivity index (χ1n) is 10.6. The van der Waals surface area contributed by atoms with Gasteiger partial charge in [-0.15, -0.1) is 0 Å². The number of anilines is 1. The Bertz CT molecular complexity index is 1230. The van der Waals surface area contributed by atoms with Gasteiger partial charge in [0.2, 0.25) is 0 Å². The van der Waals surface area contributed by atoms with Crippen molar-refractivity contribution in [2.24, 2.45) is 10.1 Å². The highest BCUT2D eigenvalue weighted by Gasteiger charge is 2.29. The number of benzene rings is 4. The molecule has 0 aromatic heterocycles. The van der Waals surface area contributed by atoms with Crippen molar-refractivity contribution in [3.63, 3.8) is 0 Å². The first-order valence-corrected chi connectivity index (χ1v) is 11.0. The van der Waals surface area contributed by atoms with E-state index in [1.165, 1.54) is 11.1 Å². The van der Waals surface area contributed by atoms with E-state index in [4.69, 9.17) is 16.7 Å². The Morgan fingerprint density at radius 2 is 1.44 bits per heavy atom. The van der Waals surface area contributed by atoms with Crippen molar-refractivity contribution in [2.45, 2.75) is 12.5 Å². The molecule has 156 valence electrons. The fraction of sp³-hybridized carbons (Fsp3) is 0.0714. The largest absolute Gasteiger partial charge is 0.257 e. The monoisotopic (exact) mass is 435 g/mol. The van der Waals surface area contributed by atoms with Gasteiger partial charge in [-0.2, -0.15) is 5.10 Å². The van der Waals surface area contributed by atoms with Gasteiger partial charge in [-0.05, 0) is 53.1 Å². The second-order valence-corrected chi connectivity index (χ2v) is 8.15. The lowest BCUT2D eigenvalue weighted by molar-refractivity contribution is 0.709. The quantitative estimate of drug-likeness (QED) is 0.299. The maximum Gasteiger partial charge on any atom is 0.0831 e. The van der Waals surface area contributed by atoms with Crippen LogP contribution >= 0.6 is 11.6 Å². The number of halogens is 1. The summed E-state index contributed by atoms with van der Waals surface area (Å²) in [5.74, 6) is 0. The van der Waals surface area contributed by atoms with E-state index in [1.54, 1.807) is 0 Å². The number of rotatable bonds is 5. The minimum Gasteiger partial charge on any atom is -0.257 e. The number of nitrogens with zero attached hydrogens (tertiary/aromatic N) is 3. The molecule has 0 unspecified atom stereocenters. The van der Waals surface area contributed by atoms with E-state index >= 15 is 0 Å². The average Bonchev–Trinajstić information content (AvgIpc) is 3.31. The Morgan fingerprint density at radius 1 is 0.781 bits per heavy atom. The zero-order chi connectivity index (χ0) is 21.8. The van der Waals surface area contributed by atoms with Gasteiger partial charge in [0.15, 0.2) is 0 Å². The second kappa shape index (κ2) is 9.21. The lowest BCUT2D eigenvalue weighted by Crippen LogP contribution is -2.18. The van der Waals surface area contributed by atoms with E-state index in [2.05, 4.69) is 88.9 Å². The van der Waals surface area contributed by atoms with Crippen molar-refractivity contribution in [3.8, 4) is 0 Å². The average molecular weight is 436 g/mol. The Hall–Kier alpha value is -3.69. The van der Waals surface area contributed by atoms with Gasteiger partial charge in [-0.25, -0.2) is 0 Å². The molecule has 4 aromatic rings. The van der Waals surface area contributed by atoms with E-state index in [0.717, 1.165) is 29.1 Å². The zero-order valence-electron chi connectivity index (χ0n) is 17.5. The summed E-state index contributed by atoms with van der Waals surface area (Å²) in [6, 6.07) is 37.0. The minimum absolute atomic E-state index is 0.167. The van der Waals surface area contributed by atoms with Crippen molar-refractivity contribution in [1.29, 1.82) is 0 Å². The number of hydrogen-bond donors (Lipinski definition) is 0. The molecule has 0 radical (unpaired) electrons. The number of hydrogen-bond acceptors (Lipinski definition) is 3. The van der Waals surface area contributed by atoms with Crippen molar-refractivity contribution >= 4 is 34.9 Å². The molecule has 0 amide bonds. The molecule has 0 N–H and O–H groups in total. The van der Waals surface area contributed by atoms with Crippen LogP contribution in [-0.2, 0) is 0 Å². The van der Waals surface area contributed by atoms with Gasteiger partial charge >= 0.3 is 0 Å². The molecule has 0 aliphatic carbocycles. The first kappa shape index (κ1) is 20.2. The van der Waals surface area contributed by atoms with Crippen molar-refractivity contribution < 1.29 is 0 Å². The molecule has 4 heteroatoms. The zero-order valence-corrected chi connectivity index (χ0v) is 18.2. The van der Waals surface area contributed by atoms with Crippen LogP contribution in [0.15, 0.2) is 119 Å². The molecule has 3 nitrogen and oxygen atoms in total. The second-order valence-electron chi connectivity index (χ2n) is 7.71. The third kappa shape index (κ3) is 4.48. The van der Waals surface area contributed by atoms with Gasteiger partial charge in [-0.1, -0.05) is 84.4 Å². The molecular weight excluding hydrogens is 414 g/mol. The molecule has 1 heterocycles. The standard InChI is InChI=1S/C28H22ClN3/c29-24-13-15-25(16-14-24)30-20-21-11-17-26(18-12-21)32-28(23-9-5-2-6-10-23)19-27(31-32)22-7-3-1-4-8-22/h1-18,20,28H,19H2/t28-/m0/s1. The smallest absolute Gasteiger partial charge is 0.0831 e. The van der Waals surface area contributed by atoms with Crippen LogP contribution in [0.5, 0.6) is 0 Å². The predicted octanol–water partition coefficient (Wildman–Crippen LogP) is 7.45. The normalized spacial score (nSPS) is 15.8. The van der Waals surface area contributed by atoms with Crippen molar-refractivity contribution in [1.82, 2.24) is 0 Å². The number of aliphatic imine (C=N–C) groups is 1. The molecule has 1 aliphatic rings. The molecule has 0 saturated carbocycles. The summed E-state index contributed by atoms with van der Waals surface area (Å²) in [6.45, 7) is 0. The molecular formula is C28H22ClN3. The van der Waals surface area contributed by atoms with Gasteiger partial charge in [0.05, 0.1) is 23.1 Å². The third-order valence-electron chi connectivity index (χ3n) is 5.55. The maximum absolute atomic E-state index is 5.95. The lowest BCUT2D eigenvalue weighted by atomic mass is 9.98. The van der Waals surface area contributed by atoms with Crippen LogP contribution in [-0.4, -0.2) is 11.9 Å². The molecule has 0 bridgehead atoms. The van der Waals surface area contributed by atoms with Gasteiger partial charge in [0, 0.05) is 17.7 Å². The highest BCUT2D eigenvalue weighted by molar-refractivity contribution is 6.30. The van der Waals surface area contributed by atoms with Gasteiger partial charge in [0.25, 0.3) is 0 Å². The van der Waals surface area contributed by atoms with Crippen LogP contribution in [0.2, 0.25) is 5.02 Å². The molecule has 4 aromatic carbocycles. The van der Waals surface area contributed by atoms with Crippen LogP contribution in [0.1, 0.15) is 29.2 Å². The molecule has 5 rings (SSSR count). The summed E-state index contributed by atoms with van der Waals surface area (Å²) in [6.07, 6.45) is 2.73. The Balaban J connectivity index is 1.42. The van der Waals surface area contributed by atoms with Crippen LogP contribution < -0.4 is 5.01 Å². The van der Waals surface area contributed by atoms with E-state index in [-0.39, 0.29) is 6.04 Å². The summed E-state index contributed by atoms with van der Waals surface area (Å²) in [5.41, 5.74) is 6.50.